The highest BCUT2D eigenvalue weighted by molar-refractivity contribution is 6.49. The van der Waals surface area contributed by atoms with E-state index in [-0.39, 0.29) is 12.0 Å². The molecule has 0 heterocycles. The van der Waals surface area contributed by atoms with E-state index in [1.54, 1.807) is 0 Å². The number of aliphatic hydroxyl groups excluding tert-OH is 1. The molecule has 2 nitrogen and oxygen atoms in total. The Morgan fingerprint density at radius 1 is 1.25 bits per heavy atom. The second-order valence-electron chi connectivity index (χ2n) is 5.25. The molecule has 0 saturated carbocycles. The van der Waals surface area contributed by atoms with Gasteiger partial charge in [0.05, 0.1) is 6.61 Å². The molecule has 1 aromatic rings. The molecular weight excluding hydrogens is 216 g/mol. The maximum Gasteiger partial charge on any atom is 0.274 e. The van der Waals surface area contributed by atoms with Crippen LogP contribution in [-0.2, 0) is 12.0 Å². The van der Waals surface area contributed by atoms with E-state index in [2.05, 4.69) is 33.9 Å². The molecule has 0 aliphatic heterocycles. The topological polar surface area (TPSA) is 29.5 Å². The van der Waals surface area contributed by atoms with Crippen molar-refractivity contribution in [3.63, 3.8) is 0 Å². The summed E-state index contributed by atoms with van der Waals surface area (Å²) in [6.45, 7) is 10.8. The Morgan fingerprint density at radius 3 is 2.31 bits per heavy atom. The maximum atomic E-state index is 9.17. The number of aliphatic hydroxyl groups is 1. The zero-order valence-electron chi connectivity index (χ0n) is 10.8. The van der Waals surface area contributed by atoms with Gasteiger partial charge in [-0.15, -0.1) is 0 Å². The highest BCUT2D eigenvalue weighted by atomic mass is 28.3. The van der Waals surface area contributed by atoms with Crippen LogP contribution in [0.3, 0.4) is 0 Å². The molecule has 0 aliphatic carbocycles. The van der Waals surface area contributed by atoms with Crippen LogP contribution in [0.5, 0.6) is 5.75 Å². The van der Waals surface area contributed by atoms with Crippen LogP contribution in [0.2, 0.25) is 13.1 Å². The van der Waals surface area contributed by atoms with Gasteiger partial charge in [-0.2, -0.15) is 0 Å². The van der Waals surface area contributed by atoms with E-state index in [9.17, 15) is 0 Å². The Morgan fingerprint density at radius 2 is 1.88 bits per heavy atom. The molecule has 0 bridgehead atoms. The molecule has 0 atom stereocenters. The largest absolute Gasteiger partial charge is 0.542 e. The summed E-state index contributed by atoms with van der Waals surface area (Å²) < 4.78 is 5.89. The van der Waals surface area contributed by atoms with E-state index in [1.165, 1.54) is 5.56 Å². The van der Waals surface area contributed by atoms with E-state index in [0.717, 1.165) is 11.3 Å². The first-order valence-corrected chi connectivity index (χ1v) is 7.97. The molecule has 16 heavy (non-hydrogen) atoms. The molecule has 0 unspecified atom stereocenters. The number of rotatable bonds is 3. The molecular formula is C13H21O2Si. The minimum atomic E-state index is -0.750. The summed E-state index contributed by atoms with van der Waals surface area (Å²) in [7, 11) is -0.750. The molecule has 1 aromatic carbocycles. The van der Waals surface area contributed by atoms with Gasteiger partial charge in [0.25, 0.3) is 9.04 Å². The van der Waals surface area contributed by atoms with Crippen LogP contribution >= 0.6 is 0 Å². The summed E-state index contributed by atoms with van der Waals surface area (Å²) in [6.07, 6.45) is 0. The van der Waals surface area contributed by atoms with Crippen molar-refractivity contribution in [2.45, 2.75) is 45.9 Å². The first kappa shape index (κ1) is 13.3. The molecule has 0 amide bonds. The second kappa shape index (κ2) is 5.02. The molecule has 3 heteroatoms. The lowest BCUT2D eigenvalue weighted by atomic mass is 9.85. The summed E-state index contributed by atoms with van der Waals surface area (Å²) in [5.74, 6) is 0.962. The highest BCUT2D eigenvalue weighted by Gasteiger charge is 2.20. The molecule has 0 spiro atoms. The van der Waals surface area contributed by atoms with Crippen molar-refractivity contribution in [1.29, 1.82) is 0 Å². The molecule has 0 saturated heterocycles. The molecule has 0 aliphatic rings. The molecule has 0 fully saturated rings. The minimum Gasteiger partial charge on any atom is -0.542 e. The summed E-state index contributed by atoms with van der Waals surface area (Å²) in [5.41, 5.74) is 2.15. The number of hydrogen-bond donors (Lipinski definition) is 1. The van der Waals surface area contributed by atoms with Crippen LogP contribution in [0.25, 0.3) is 0 Å². The second-order valence-corrected chi connectivity index (χ2v) is 7.27. The van der Waals surface area contributed by atoms with Crippen LogP contribution in [-0.4, -0.2) is 14.1 Å². The standard InChI is InChI=1S/C13H21O2Si/c1-13(2,3)11-8-10(9-14)6-7-12(11)15-16(4)5/h6-8,14H,9H2,1-5H3. The smallest absolute Gasteiger partial charge is 0.274 e. The average Bonchev–Trinajstić information content (AvgIpc) is 2.15. The Hall–Kier alpha value is -0.803. The van der Waals surface area contributed by atoms with Crippen molar-refractivity contribution in [3.8, 4) is 5.75 Å². The Labute approximate surface area is 100.0 Å². The lowest BCUT2D eigenvalue weighted by molar-refractivity contribution is 0.281. The van der Waals surface area contributed by atoms with Crippen molar-refractivity contribution in [2.75, 3.05) is 0 Å². The molecule has 0 aromatic heterocycles. The SMILES string of the molecule is C[Si](C)Oc1ccc(CO)cc1C(C)(C)C. The van der Waals surface area contributed by atoms with Crippen LogP contribution in [0.4, 0.5) is 0 Å². The molecule has 1 rings (SSSR count). The van der Waals surface area contributed by atoms with Crippen LogP contribution in [0.1, 0.15) is 31.9 Å². The summed E-state index contributed by atoms with van der Waals surface area (Å²) in [6, 6.07) is 5.94. The Kier molecular flexibility index (Phi) is 4.16. The third-order valence-electron chi connectivity index (χ3n) is 2.35. The van der Waals surface area contributed by atoms with Crippen LogP contribution in [0.15, 0.2) is 18.2 Å². The van der Waals surface area contributed by atoms with Crippen LogP contribution < -0.4 is 4.43 Å². The average molecular weight is 237 g/mol. The minimum absolute atomic E-state index is 0.0395. The number of benzene rings is 1. The molecule has 1 N–H and O–H groups in total. The summed E-state index contributed by atoms with van der Waals surface area (Å²) in [4.78, 5) is 0. The van der Waals surface area contributed by atoms with Crippen molar-refractivity contribution < 1.29 is 9.53 Å². The van der Waals surface area contributed by atoms with Crippen molar-refractivity contribution >= 4 is 9.04 Å². The first-order valence-electron chi connectivity index (χ1n) is 5.57. The van der Waals surface area contributed by atoms with Gasteiger partial charge < -0.3 is 9.53 Å². The summed E-state index contributed by atoms with van der Waals surface area (Å²) >= 11 is 0. The monoisotopic (exact) mass is 237 g/mol. The zero-order valence-corrected chi connectivity index (χ0v) is 11.8. The predicted molar refractivity (Wildman–Crippen MR) is 69.2 cm³/mol. The normalized spacial score (nSPS) is 11.9. The van der Waals surface area contributed by atoms with Gasteiger partial charge in [-0.3, -0.25) is 0 Å². The van der Waals surface area contributed by atoms with Gasteiger partial charge in [0.1, 0.15) is 5.75 Å². The Balaban J connectivity index is 3.17. The zero-order chi connectivity index (χ0) is 12.3. The third-order valence-corrected chi connectivity index (χ3v) is 2.98. The third kappa shape index (κ3) is 3.35. The fourth-order valence-electron chi connectivity index (χ4n) is 1.57. The first-order chi connectivity index (χ1) is 7.34. The van der Waals surface area contributed by atoms with E-state index >= 15 is 0 Å². The lowest BCUT2D eigenvalue weighted by Gasteiger charge is -2.24. The Bertz CT molecular complexity index is 353. The van der Waals surface area contributed by atoms with Gasteiger partial charge in [0, 0.05) is 0 Å². The van der Waals surface area contributed by atoms with Gasteiger partial charge in [-0.05, 0) is 41.8 Å². The molecule has 1 radical (unpaired) electrons. The highest BCUT2D eigenvalue weighted by Crippen LogP contribution is 2.32. The number of hydrogen-bond acceptors (Lipinski definition) is 2. The van der Waals surface area contributed by atoms with Gasteiger partial charge in [0.15, 0.2) is 0 Å². The quantitative estimate of drug-likeness (QED) is 0.819. The van der Waals surface area contributed by atoms with Crippen LogP contribution in [0, 0.1) is 0 Å². The van der Waals surface area contributed by atoms with Crippen molar-refractivity contribution in [2.24, 2.45) is 0 Å². The van der Waals surface area contributed by atoms with E-state index in [1.807, 2.05) is 18.2 Å². The fourth-order valence-corrected chi connectivity index (χ4v) is 2.19. The van der Waals surface area contributed by atoms with Gasteiger partial charge in [0.2, 0.25) is 0 Å². The van der Waals surface area contributed by atoms with Gasteiger partial charge in [-0.1, -0.05) is 26.8 Å². The lowest BCUT2D eigenvalue weighted by Crippen LogP contribution is -2.18. The predicted octanol–water partition coefficient (Wildman–Crippen LogP) is 3.11. The van der Waals surface area contributed by atoms with E-state index in [4.69, 9.17) is 9.53 Å². The van der Waals surface area contributed by atoms with Crippen molar-refractivity contribution in [1.82, 2.24) is 0 Å². The van der Waals surface area contributed by atoms with E-state index in [0.29, 0.717) is 0 Å². The van der Waals surface area contributed by atoms with Gasteiger partial charge >= 0.3 is 0 Å². The maximum absolute atomic E-state index is 9.17. The molecule has 89 valence electrons. The summed E-state index contributed by atoms with van der Waals surface area (Å²) in [5, 5.41) is 9.17. The fraction of sp³-hybridized carbons (Fsp3) is 0.538. The van der Waals surface area contributed by atoms with Gasteiger partial charge in [-0.25, -0.2) is 0 Å². The van der Waals surface area contributed by atoms with E-state index < -0.39 is 9.04 Å². The van der Waals surface area contributed by atoms with Crippen molar-refractivity contribution in [3.05, 3.63) is 29.3 Å².